The molecule has 30 heavy (non-hydrogen) atoms. The number of piperidine rings is 1. The monoisotopic (exact) mass is 402 g/mol. The van der Waals surface area contributed by atoms with Crippen LogP contribution in [-0.4, -0.2) is 44.2 Å². The van der Waals surface area contributed by atoms with Gasteiger partial charge in [-0.1, -0.05) is 30.3 Å². The molecule has 1 aromatic carbocycles. The molecular weight excluding hydrogens is 372 g/mol. The summed E-state index contributed by atoms with van der Waals surface area (Å²) in [6, 6.07) is 13.0. The normalized spacial score (nSPS) is 19.0. The molecule has 2 N–H and O–H groups in total. The molecule has 1 spiro atoms. The van der Waals surface area contributed by atoms with Gasteiger partial charge >= 0.3 is 0 Å². The van der Waals surface area contributed by atoms with Crippen molar-refractivity contribution < 1.29 is 0 Å². The van der Waals surface area contributed by atoms with Crippen LogP contribution in [0.25, 0.3) is 11.3 Å². The summed E-state index contributed by atoms with van der Waals surface area (Å²) in [4.78, 5) is 11.7. The number of H-pyrrole nitrogens is 1. The Labute approximate surface area is 178 Å². The fraction of sp³-hybridized carbons (Fsp3) is 0.458. The third kappa shape index (κ3) is 3.97. The lowest BCUT2D eigenvalue weighted by Gasteiger charge is -2.52. The Morgan fingerprint density at radius 3 is 2.47 bits per heavy atom. The van der Waals surface area contributed by atoms with Gasteiger partial charge in [0, 0.05) is 29.5 Å². The number of aromatic amines is 1. The molecule has 156 valence electrons. The molecule has 1 saturated heterocycles. The second-order valence-electron chi connectivity index (χ2n) is 9.14. The Kier molecular flexibility index (Phi) is 5.03. The molecule has 2 fully saturated rings. The smallest absolute Gasteiger partial charge is 0.223 e. The van der Waals surface area contributed by atoms with E-state index in [1.807, 2.05) is 26.1 Å². The molecule has 3 aromatic rings. The lowest BCUT2D eigenvalue weighted by Crippen LogP contribution is -2.51. The van der Waals surface area contributed by atoms with E-state index in [9.17, 15) is 0 Å². The molecule has 2 aromatic heterocycles. The number of hydrogen-bond donors (Lipinski definition) is 2. The third-order valence-corrected chi connectivity index (χ3v) is 6.77. The number of rotatable bonds is 5. The van der Waals surface area contributed by atoms with Crippen LogP contribution in [-0.2, 0) is 6.54 Å². The quantitative estimate of drug-likeness (QED) is 0.664. The zero-order valence-electron chi connectivity index (χ0n) is 17.9. The Hall–Kier alpha value is -2.73. The molecule has 1 aliphatic carbocycles. The van der Waals surface area contributed by atoms with Crippen LogP contribution in [0.15, 0.2) is 42.6 Å². The second-order valence-corrected chi connectivity index (χ2v) is 9.14. The molecule has 0 atom stereocenters. The zero-order valence-corrected chi connectivity index (χ0v) is 17.9. The van der Waals surface area contributed by atoms with E-state index in [2.05, 4.69) is 60.7 Å². The number of hydrogen-bond acceptors (Lipinski definition) is 5. The summed E-state index contributed by atoms with van der Waals surface area (Å²) in [5.41, 5.74) is 6.21. The fourth-order valence-corrected chi connectivity index (χ4v) is 5.18. The number of nitrogens with zero attached hydrogens (tertiary/aromatic N) is 4. The Bertz CT molecular complexity index is 975. The largest absolute Gasteiger partial charge is 0.351 e. The SMILES string of the molecule is Cc1cc(C)nc(NC2CC3(CCN(Cc4cn[nH]c4-c4ccccc4)CC3)C2)n1. The van der Waals surface area contributed by atoms with E-state index in [-0.39, 0.29) is 0 Å². The van der Waals surface area contributed by atoms with E-state index in [1.54, 1.807) is 0 Å². The maximum Gasteiger partial charge on any atom is 0.223 e. The van der Waals surface area contributed by atoms with Gasteiger partial charge in [0.25, 0.3) is 0 Å². The first-order chi connectivity index (χ1) is 14.6. The van der Waals surface area contributed by atoms with E-state index >= 15 is 0 Å². The van der Waals surface area contributed by atoms with Gasteiger partial charge in [-0.15, -0.1) is 0 Å². The molecule has 2 aliphatic rings. The van der Waals surface area contributed by atoms with Crippen LogP contribution >= 0.6 is 0 Å². The van der Waals surface area contributed by atoms with Gasteiger partial charge in [0.2, 0.25) is 5.95 Å². The molecule has 6 heteroatoms. The molecule has 0 unspecified atom stereocenters. The van der Waals surface area contributed by atoms with Crippen molar-refractivity contribution in [2.45, 2.75) is 52.1 Å². The molecule has 5 rings (SSSR count). The van der Waals surface area contributed by atoms with Crippen LogP contribution in [0, 0.1) is 19.3 Å². The van der Waals surface area contributed by atoms with Crippen molar-refractivity contribution in [1.29, 1.82) is 0 Å². The van der Waals surface area contributed by atoms with Gasteiger partial charge in [-0.2, -0.15) is 5.10 Å². The summed E-state index contributed by atoms with van der Waals surface area (Å²) in [6.07, 6.45) is 7.00. The van der Waals surface area contributed by atoms with Gasteiger partial charge in [-0.25, -0.2) is 9.97 Å². The second kappa shape index (κ2) is 7.84. The molecule has 0 amide bonds. The fourth-order valence-electron chi connectivity index (χ4n) is 5.18. The van der Waals surface area contributed by atoms with Crippen molar-refractivity contribution >= 4 is 5.95 Å². The average Bonchev–Trinajstić information content (AvgIpc) is 3.16. The van der Waals surface area contributed by atoms with Crippen molar-refractivity contribution in [3.05, 3.63) is 59.5 Å². The van der Waals surface area contributed by atoms with Gasteiger partial charge in [0.15, 0.2) is 0 Å². The first-order valence-electron chi connectivity index (χ1n) is 11.0. The topological polar surface area (TPSA) is 69.7 Å². The number of nitrogens with one attached hydrogen (secondary N) is 2. The predicted molar refractivity (Wildman–Crippen MR) is 119 cm³/mol. The maximum absolute atomic E-state index is 4.54. The van der Waals surface area contributed by atoms with Gasteiger partial charge in [0.05, 0.1) is 11.9 Å². The maximum atomic E-state index is 4.54. The lowest BCUT2D eigenvalue weighted by atomic mass is 9.60. The highest BCUT2D eigenvalue weighted by Crippen LogP contribution is 2.50. The number of benzene rings is 1. The molecular formula is C24H30N6. The van der Waals surface area contributed by atoms with E-state index < -0.39 is 0 Å². The number of aromatic nitrogens is 4. The lowest BCUT2D eigenvalue weighted by molar-refractivity contribution is 0.0209. The minimum Gasteiger partial charge on any atom is -0.351 e. The van der Waals surface area contributed by atoms with E-state index in [0.717, 1.165) is 42.7 Å². The average molecular weight is 403 g/mol. The molecule has 0 radical (unpaired) electrons. The first kappa shape index (κ1) is 19.2. The van der Waals surface area contributed by atoms with Gasteiger partial charge in [-0.05, 0) is 69.7 Å². The predicted octanol–water partition coefficient (Wildman–Crippen LogP) is 4.34. The molecule has 0 bridgehead atoms. The number of likely N-dealkylation sites (tertiary alicyclic amines) is 1. The highest BCUT2D eigenvalue weighted by Gasteiger charge is 2.46. The summed E-state index contributed by atoms with van der Waals surface area (Å²) in [7, 11) is 0. The number of aryl methyl sites for hydroxylation is 2. The molecule has 3 heterocycles. The first-order valence-corrected chi connectivity index (χ1v) is 11.0. The van der Waals surface area contributed by atoms with Crippen molar-refractivity contribution in [2.24, 2.45) is 5.41 Å². The standard InChI is InChI=1S/C24H30N6/c1-17-12-18(2)27-23(26-17)28-21-13-24(14-21)8-10-30(11-9-24)16-20-15-25-29-22(20)19-6-4-3-5-7-19/h3-7,12,15,21H,8-11,13-14,16H2,1-2H3,(H,25,29)(H,26,27,28). The van der Waals surface area contributed by atoms with Gasteiger partial charge < -0.3 is 5.32 Å². The highest BCUT2D eigenvalue weighted by atomic mass is 15.2. The molecule has 6 nitrogen and oxygen atoms in total. The highest BCUT2D eigenvalue weighted by molar-refractivity contribution is 5.62. The summed E-state index contributed by atoms with van der Waals surface area (Å²) in [6.45, 7) is 7.34. The molecule has 1 saturated carbocycles. The minimum atomic E-state index is 0.506. The van der Waals surface area contributed by atoms with E-state index in [1.165, 1.54) is 36.8 Å². The molecule has 1 aliphatic heterocycles. The zero-order chi connectivity index (χ0) is 20.6. The summed E-state index contributed by atoms with van der Waals surface area (Å²) < 4.78 is 0. The van der Waals surface area contributed by atoms with Gasteiger partial charge in [0.1, 0.15) is 0 Å². The van der Waals surface area contributed by atoms with Crippen LogP contribution < -0.4 is 5.32 Å². The van der Waals surface area contributed by atoms with Crippen LogP contribution in [0.4, 0.5) is 5.95 Å². The van der Waals surface area contributed by atoms with Crippen molar-refractivity contribution in [1.82, 2.24) is 25.1 Å². The van der Waals surface area contributed by atoms with Crippen LogP contribution in [0.3, 0.4) is 0 Å². The van der Waals surface area contributed by atoms with E-state index in [0.29, 0.717) is 11.5 Å². The van der Waals surface area contributed by atoms with Gasteiger partial charge in [-0.3, -0.25) is 10.00 Å². The number of anilines is 1. The van der Waals surface area contributed by atoms with Crippen LogP contribution in [0.1, 0.15) is 42.6 Å². The van der Waals surface area contributed by atoms with Crippen molar-refractivity contribution in [3.8, 4) is 11.3 Å². The van der Waals surface area contributed by atoms with Crippen molar-refractivity contribution in [2.75, 3.05) is 18.4 Å². The van der Waals surface area contributed by atoms with Crippen LogP contribution in [0.2, 0.25) is 0 Å². The summed E-state index contributed by atoms with van der Waals surface area (Å²) in [5.74, 6) is 0.790. The summed E-state index contributed by atoms with van der Waals surface area (Å²) >= 11 is 0. The Balaban J connectivity index is 1.14. The van der Waals surface area contributed by atoms with E-state index in [4.69, 9.17) is 0 Å². The minimum absolute atomic E-state index is 0.506. The summed E-state index contributed by atoms with van der Waals surface area (Å²) in [5, 5.41) is 11.1. The Morgan fingerprint density at radius 2 is 1.77 bits per heavy atom. The third-order valence-electron chi connectivity index (χ3n) is 6.77. The van der Waals surface area contributed by atoms with Crippen LogP contribution in [0.5, 0.6) is 0 Å². The Morgan fingerprint density at radius 1 is 1.07 bits per heavy atom. The van der Waals surface area contributed by atoms with Crippen molar-refractivity contribution in [3.63, 3.8) is 0 Å².